The third kappa shape index (κ3) is 4.64. The zero-order valence-corrected chi connectivity index (χ0v) is 14.8. The minimum atomic E-state index is -0.0769. The zero-order chi connectivity index (χ0) is 18.4. The van der Waals surface area contributed by atoms with Crippen LogP contribution in [0.15, 0.2) is 47.1 Å². The number of carbonyl (C=O) groups is 2. The maximum absolute atomic E-state index is 12.2. The quantitative estimate of drug-likeness (QED) is 0.857. The summed E-state index contributed by atoms with van der Waals surface area (Å²) in [7, 11) is 1.61. The molecule has 0 atom stereocenters. The van der Waals surface area contributed by atoms with Crippen LogP contribution in [0.5, 0.6) is 5.75 Å². The van der Waals surface area contributed by atoms with Crippen molar-refractivity contribution in [2.24, 2.45) is 0 Å². The highest BCUT2D eigenvalue weighted by atomic mass is 16.5. The smallest absolute Gasteiger partial charge is 0.289 e. The van der Waals surface area contributed by atoms with E-state index < -0.39 is 0 Å². The van der Waals surface area contributed by atoms with Crippen LogP contribution in [0, 0.1) is 0 Å². The van der Waals surface area contributed by atoms with Gasteiger partial charge in [0.2, 0.25) is 5.91 Å². The lowest BCUT2D eigenvalue weighted by molar-refractivity contribution is -0.116. The summed E-state index contributed by atoms with van der Waals surface area (Å²) in [5, 5.41) is 2.88. The minimum absolute atomic E-state index is 0.0238. The molecule has 1 aliphatic heterocycles. The van der Waals surface area contributed by atoms with Crippen LogP contribution in [0.25, 0.3) is 0 Å². The molecule has 0 aliphatic carbocycles. The summed E-state index contributed by atoms with van der Waals surface area (Å²) in [5.41, 5.74) is 0.754. The van der Waals surface area contributed by atoms with Crippen molar-refractivity contribution in [3.63, 3.8) is 0 Å². The molecule has 7 heteroatoms. The van der Waals surface area contributed by atoms with E-state index in [1.807, 2.05) is 24.3 Å². The molecular formula is C19H23N3O4. The fourth-order valence-electron chi connectivity index (χ4n) is 2.89. The highest BCUT2D eigenvalue weighted by Gasteiger charge is 2.23. The van der Waals surface area contributed by atoms with E-state index in [4.69, 9.17) is 9.15 Å². The van der Waals surface area contributed by atoms with Crippen LogP contribution in [-0.2, 0) is 4.79 Å². The lowest BCUT2D eigenvalue weighted by Gasteiger charge is -2.34. The first-order valence-electron chi connectivity index (χ1n) is 8.65. The number of nitrogens with zero attached hydrogens (tertiary/aromatic N) is 2. The Morgan fingerprint density at radius 2 is 1.85 bits per heavy atom. The SMILES string of the molecule is COc1ccc(NC(=O)CCN2CCN(C(=O)c3ccco3)CC2)cc1. The van der Waals surface area contributed by atoms with Crippen molar-refractivity contribution in [2.75, 3.05) is 45.2 Å². The monoisotopic (exact) mass is 357 g/mol. The van der Waals surface area contributed by atoms with Gasteiger partial charge in [-0.15, -0.1) is 0 Å². The molecule has 1 aromatic carbocycles. The highest BCUT2D eigenvalue weighted by molar-refractivity contribution is 5.91. The first kappa shape index (κ1) is 18.0. The Morgan fingerprint density at radius 1 is 1.12 bits per heavy atom. The molecule has 7 nitrogen and oxygen atoms in total. The normalized spacial score (nSPS) is 14.9. The molecule has 2 amide bonds. The van der Waals surface area contributed by atoms with Gasteiger partial charge in [0.25, 0.3) is 5.91 Å². The molecule has 138 valence electrons. The van der Waals surface area contributed by atoms with Gasteiger partial charge in [-0.3, -0.25) is 14.5 Å². The van der Waals surface area contributed by atoms with Crippen molar-refractivity contribution in [1.29, 1.82) is 0 Å². The number of nitrogens with one attached hydrogen (secondary N) is 1. The Hall–Kier alpha value is -2.80. The lowest BCUT2D eigenvalue weighted by Crippen LogP contribution is -2.49. The number of anilines is 1. The molecule has 2 heterocycles. The second-order valence-electron chi connectivity index (χ2n) is 6.14. The summed E-state index contributed by atoms with van der Waals surface area (Å²) >= 11 is 0. The predicted octanol–water partition coefficient (Wildman–Crippen LogP) is 2.07. The Kier molecular flexibility index (Phi) is 5.91. The first-order chi connectivity index (χ1) is 12.7. The molecular weight excluding hydrogens is 334 g/mol. The van der Waals surface area contributed by atoms with E-state index in [0.717, 1.165) is 24.5 Å². The van der Waals surface area contributed by atoms with E-state index in [1.165, 1.54) is 6.26 Å². The molecule has 0 unspecified atom stereocenters. The van der Waals surface area contributed by atoms with Gasteiger partial charge in [0.05, 0.1) is 13.4 Å². The van der Waals surface area contributed by atoms with Gasteiger partial charge in [0, 0.05) is 44.8 Å². The van der Waals surface area contributed by atoms with Crippen molar-refractivity contribution >= 4 is 17.5 Å². The number of ether oxygens (including phenoxy) is 1. The number of methoxy groups -OCH3 is 1. The predicted molar refractivity (Wildman–Crippen MR) is 97.3 cm³/mol. The Morgan fingerprint density at radius 3 is 2.46 bits per heavy atom. The molecule has 1 fully saturated rings. The summed E-state index contributed by atoms with van der Waals surface area (Å²) in [6, 6.07) is 10.6. The van der Waals surface area contributed by atoms with Gasteiger partial charge in [-0.1, -0.05) is 0 Å². The number of amides is 2. The van der Waals surface area contributed by atoms with Gasteiger partial charge >= 0.3 is 0 Å². The number of hydrogen-bond donors (Lipinski definition) is 1. The molecule has 2 aromatic rings. The summed E-state index contributed by atoms with van der Waals surface area (Å²) in [6.45, 7) is 3.45. The van der Waals surface area contributed by atoms with Crippen molar-refractivity contribution in [3.05, 3.63) is 48.4 Å². The molecule has 26 heavy (non-hydrogen) atoms. The van der Waals surface area contributed by atoms with Crippen molar-refractivity contribution in [2.45, 2.75) is 6.42 Å². The van der Waals surface area contributed by atoms with Gasteiger partial charge in [-0.05, 0) is 36.4 Å². The largest absolute Gasteiger partial charge is 0.497 e. The maximum Gasteiger partial charge on any atom is 0.289 e. The van der Waals surface area contributed by atoms with Crippen LogP contribution < -0.4 is 10.1 Å². The number of piperazine rings is 1. The molecule has 1 aliphatic rings. The van der Waals surface area contributed by atoms with Crippen LogP contribution in [0.1, 0.15) is 17.0 Å². The number of benzene rings is 1. The molecule has 0 radical (unpaired) electrons. The Bertz CT molecular complexity index is 720. The van der Waals surface area contributed by atoms with E-state index in [2.05, 4.69) is 10.2 Å². The van der Waals surface area contributed by atoms with Crippen LogP contribution in [0.3, 0.4) is 0 Å². The van der Waals surface area contributed by atoms with Gasteiger partial charge in [0.1, 0.15) is 5.75 Å². The van der Waals surface area contributed by atoms with Gasteiger partial charge in [0.15, 0.2) is 5.76 Å². The minimum Gasteiger partial charge on any atom is -0.497 e. The number of furan rings is 1. The van der Waals surface area contributed by atoms with Crippen molar-refractivity contribution < 1.29 is 18.7 Å². The molecule has 0 saturated carbocycles. The van der Waals surface area contributed by atoms with Gasteiger partial charge in [-0.25, -0.2) is 0 Å². The van der Waals surface area contributed by atoms with E-state index in [9.17, 15) is 9.59 Å². The van der Waals surface area contributed by atoms with Crippen LogP contribution >= 0.6 is 0 Å². The topological polar surface area (TPSA) is 75.0 Å². The molecule has 0 spiro atoms. The van der Waals surface area contributed by atoms with Gasteiger partial charge in [-0.2, -0.15) is 0 Å². The average Bonchev–Trinajstić information content (AvgIpc) is 3.21. The number of rotatable bonds is 6. The Labute approximate surface area is 152 Å². The summed E-state index contributed by atoms with van der Waals surface area (Å²) in [5.74, 6) is 1.03. The fraction of sp³-hybridized carbons (Fsp3) is 0.368. The summed E-state index contributed by atoms with van der Waals surface area (Å²) in [4.78, 5) is 28.3. The second kappa shape index (κ2) is 8.53. The molecule has 3 rings (SSSR count). The average molecular weight is 357 g/mol. The maximum atomic E-state index is 12.2. The third-order valence-electron chi connectivity index (χ3n) is 4.42. The molecule has 1 saturated heterocycles. The first-order valence-corrected chi connectivity index (χ1v) is 8.65. The van der Waals surface area contributed by atoms with E-state index >= 15 is 0 Å². The molecule has 0 bridgehead atoms. The van der Waals surface area contributed by atoms with Crippen LogP contribution in [0.4, 0.5) is 5.69 Å². The molecule has 1 aromatic heterocycles. The summed E-state index contributed by atoms with van der Waals surface area (Å²) in [6.07, 6.45) is 1.92. The molecule has 1 N–H and O–H groups in total. The number of hydrogen-bond acceptors (Lipinski definition) is 5. The van der Waals surface area contributed by atoms with E-state index in [-0.39, 0.29) is 11.8 Å². The van der Waals surface area contributed by atoms with Crippen LogP contribution in [0.2, 0.25) is 0 Å². The number of carbonyl (C=O) groups excluding carboxylic acids is 2. The second-order valence-corrected chi connectivity index (χ2v) is 6.14. The Balaban J connectivity index is 1.39. The lowest BCUT2D eigenvalue weighted by atomic mass is 10.2. The van der Waals surface area contributed by atoms with E-state index in [0.29, 0.717) is 31.8 Å². The van der Waals surface area contributed by atoms with Crippen LogP contribution in [-0.4, -0.2) is 61.4 Å². The summed E-state index contributed by atoms with van der Waals surface area (Å²) < 4.78 is 10.3. The highest BCUT2D eigenvalue weighted by Crippen LogP contribution is 2.15. The van der Waals surface area contributed by atoms with Crippen molar-refractivity contribution in [1.82, 2.24) is 9.80 Å². The zero-order valence-electron chi connectivity index (χ0n) is 14.8. The van der Waals surface area contributed by atoms with E-state index in [1.54, 1.807) is 24.1 Å². The standard InChI is InChI=1S/C19H23N3O4/c1-25-16-6-4-15(5-7-16)20-18(23)8-9-21-10-12-22(13-11-21)19(24)17-3-2-14-26-17/h2-7,14H,8-13H2,1H3,(H,20,23). The third-order valence-corrected chi connectivity index (χ3v) is 4.42. The van der Waals surface area contributed by atoms with Gasteiger partial charge < -0.3 is 19.4 Å². The fourth-order valence-corrected chi connectivity index (χ4v) is 2.89. The van der Waals surface area contributed by atoms with Crippen molar-refractivity contribution in [3.8, 4) is 5.75 Å².